The molecule has 0 aliphatic carbocycles. The Morgan fingerprint density at radius 2 is 1.23 bits per heavy atom. The molecule has 47 heavy (non-hydrogen) atoms. The minimum absolute atomic E-state index is 0.0155. The average Bonchev–Trinajstić information content (AvgIpc) is 3.08. The summed E-state index contributed by atoms with van der Waals surface area (Å²) in [5.41, 5.74) is 6.55. The molecule has 5 amide bonds. The van der Waals surface area contributed by atoms with Crippen molar-refractivity contribution in [3.8, 4) is 0 Å². The lowest BCUT2D eigenvalue weighted by Crippen LogP contribution is -2.71. The second-order valence-electron chi connectivity index (χ2n) is 10.8. The Balaban J connectivity index is 1.17. The van der Waals surface area contributed by atoms with E-state index < -0.39 is 70.4 Å². The number of nitrogens with one attached hydrogen (secondary N) is 3. The summed E-state index contributed by atoms with van der Waals surface area (Å²) in [6.07, 6.45) is 0. The largest absolute Gasteiger partial charge is 0.477 e. The van der Waals surface area contributed by atoms with Crippen LogP contribution in [0.3, 0.4) is 0 Å². The molecule has 17 heteroatoms. The number of hydrogen-bond donors (Lipinski definition) is 5. The molecule has 2 saturated heterocycles. The smallest absolute Gasteiger partial charge is 0.353 e. The minimum Gasteiger partial charge on any atom is -0.477 e. The topological polar surface area (TPSA) is 191 Å². The predicted octanol–water partition coefficient (Wildman–Crippen LogP) is 1.33. The van der Waals surface area contributed by atoms with E-state index in [-0.39, 0.29) is 33.0 Å². The molecule has 0 aromatic heterocycles. The molecule has 0 bridgehead atoms. The lowest BCUT2D eigenvalue weighted by Gasteiger charge is -2.49. The van der Waals surface area contributed by atoms with Crippen LogP contribution in [0.5, 0.6) is 0 Å². The Bertz CT molecular complexity index is 1740. The van der Waals surface area contributed by atoms with Crippen molar-refractivity contribution in [2.75, 3.05) is 11.5 Å². The highest BCUT2D eigenvalue weighted by atomic mass is 35.5. The summed E-state index contributed by atoms with van der Waals surface area (Å²) in [5.74, 6) is -4.42. The van der Waals surface area contributed by atoms with Gasteiger partial charge in [0.2, 0.25) is 11.8 Å². The maximum Gasteiger partial charge on any atom is 0.353 e. The summed E-state index contributed by atoms with van der Waals surface area (Å²) in [4.78, 5) is 80.5. The van der Waals surface area contributed by atoms with Gasteiger partial charge in [-0.1, -0.05) is 83.9 Å². The first-order valence-electron chi connectivity index (χ1n) is 14.2. The molecule has 2 aromatic carbocycles. The monoisotopic (exact) mass is 716 g/mol. The van der Waals surface area contributed by atoms with Crippen LogP contribution in [0.1, 0.15) is 23.2 Å². The van der Waals surface area contributed by atoms with Gasteiger partial charge in [-0.05, 0) is 11.1 Å². The van der Waals surface area contributed by atoms with Crippen molar-refractivity contribution >= 4 is 82.2 Å². The van der Waals surface area contributed by atoms with E-state index in [2.05, 4.69) is 16.0 Å². The first-order chi connectivity index (χ1) is 22.5. The van der Waals surface area contributed by atoms with Crippen LogP contribution in [0.25, 0.3) is 0 Å². The molecule has 2 aromatic rings. The number of rotatable bonds is 9. The van der Waals surface area contributed by atoms with Crippen LogP contribution in [-0.4, -0.2) is 84.7 Å². The summed E-state index contributed by atoms with van der Waals surface area (Å²) < 4.78 is 0. The second-order valence-corrected chi connectivity index (χ2v) is 13.9. The highest BCUT2D eigenvalue weighted by Crippen LogP contribution is 2.43. The summed E-state index contributed by atoms with van der Waals surface area (Å²) >= 11 is 15.0. The van der Waals surface area contributed by atoms with E-state index in [4.69, 9.17) is 28.9 Å². The fourth-order valence-corrected chi connectivity index (χ4v) is 8.72. The molecule has 2 fully saturated rings. The van der Waals surface area contributed by atoms with Gasteiger partial charge in [-0.3, -0.25) is 33.8 Å². The number of halogens is 2. The third-order valence-corrected chi connectivity index (χ3v) is 11.5. The molecule has 6 rings (SSSR count). The summed E-state index contributed by atoms with van der Waals surface area (Å²) in [5, 5.41) is 16.2. The third kappa shape index (κ3) is 5.97. The van der Waals surface area contributed by atoms with Crippen molar-refractivity contribution in [1.82, 2.24) is 25.8 Å². The van der Waals surface area contributed by atoms with Crippen LogP contribution >= 0.6 is 46.7 Å². The van der Waals surface area contributed by atoms with E-state index in [1.807, 2.05) is 0 Å². The molecule has 6 atom stereocenters. The van der Waals surface area contributed by atoms with E-state index in [9.17, 15) is 33.9 Å². The van der Waals surface area contributed by atoms with Gasteiger partial charge in [0.15, 0.2) is 0 Å². The Hall–Kier alpha value is -4.02. The molecule has 4 aliphatic rings. The van der Waals surface area contributed by atoms with Crippen LogP contribution in [0.15, 0.2) is 82.1 Å². The summed E-state index contributed by atoms with van der Waals surface area (Å²) in [6.45, 7) is 0. The molecule has 0 spiro atoms. The third-order valence-electron chi connectivity index (χ3n) is 7.97. The number of hydrogen-bond acceptors (Lipinski definition) is 9. The maximum atomic E-state index is 13.8. The molecule has 0 unspecified atom stereocenters. The van der Waals surface area contributed by atoms with Crippen molar-refractivity contribution < 1.29 is 33.9 Å². The highest BCUT2D eigenvalue weighted by Gasteiger charge is 2.56. The van der Waals surface area contributed by atoms with E-state index in [0.717, 1.165) is 4.90 Å². The second kappa shape index (κ2) is 13.2. The van der Waals surface area contributed by atoms with Gasteiger partial charge >= 0.3 is 5.97 Å². The molecule has 0 saturated carbocycles. The first-order valence-corrected chi connectivity index (χ1v) is 17.0. The number of β-lactam (4-membered cyclic amide) rings is 2. The van der Waals surface area contributed by atoms with Gasteiger partial charge in [0.05, 0.1) is 10.1 Å². The van der Waals surface area contributed by atoms with Crippen molar-refractivity contribution in [3.63, 3.8) is 0 Å². The Morgan fingerprint density at radius 1 is 0.766 bits per heavy atom. The van der Waals surface area contributed by atoms with E-state index in [0.29, 0.717) is 11.1 Å². The van der Waals surface area contributed by atoms with Crippen molar-refractivity contribution in [1.29, 1.82) is 0 Å². The Morgan fingerprint density at radius 3 is 1.77 bits per heavy atom. The Kier molecular flexibility index (Phi) is 9.27. The van der Waals surface area contributed by atoms with Gasteiger partial charge in [-0.2, -0.15) is 0 Å². The summed E-state index contributed by atoms with van der Waals surface area (Å²) in [7, 11) is 0. The molecule has 0 radical (unpaired) electrons. The van der Waals surface area contributed by atoms with Crippen LogP contribution in [0, 0.1) is 0 Å². The summed E-state index contributed by atoms with van der Waals surface area (Å²) in [6, 6.07) is 12.6. The van der Waals surface area contributed by atoms with Gasteiger partial charge in [0, 0.05) is 11.5 Å². The lowest BCUT2D eigenvalue weighted by molar-refractivity contribution is -0.151. The van der Waals surface area contributed by atoms with E-state index in [1.54, 1.807) is 60.7 Å². The molecular weight excluding hydrogens is 691 g/mol. The molecular formula is C30H26Cl2N6O7S2. The molecule has 13 nitrogen and oxygen atoms in total. The van der Waals surface area contributed by atoms with Gasteiger partial charge in [-0.15, -0.1) is 23.5 Å². The van der Waals surface area contributed by atoms with Crippen molar-refractivity contribution in [3.05, 3.63) is 93.2 Å². The Labute approximate surface area is 286 Å². The standard InChI is InChI=1S/C30H26Cl2N6O7S2/c31-15-11-46-28-19(35-23(39)17(33)13-7-3-1-4-8-13)26(42)37(28)21(15)25(41)34-18(14-9-5-2-6-10-14)24(40)36-20-27(43)38-22(30(44)45)16(32)12-47-29(20)38/h1-10,17-20,28-29H,11-12,33H2,(H,34,41)(H,35,39)(H,36,40)(H,44,45)/t17-,18-,19-,20-,28-,29-/m1/s1. The van der Waals surface area contributed by atoms with Crippen LogP contribution in [0.4, 0.5) is 0 Å². The van der Waals surface area contributed by atoms with Crippen molar-refractivity contribution in [2.45, 2.75) is 34.9 Å². The number of fused-ring (bicyclic) bond motifs is 2. The van der Waals surface area contributed by atoms with Gasteiger partial charge in [0.25, 0.3) is 17.7 Å². The van der Waals surface area contributed by atoms with Gasteiger partial charge < -0.3 is 26.8 Å². The first kappa shape index (κ1) is 32.9. The lowest BCUT2D eigenvalue weighted by atomic mass is 10.0. The number of benzene rings is 2. The van der Waals surface area contributed by atoms with Gasteiger partial charge in [0.1, 0.15) is 46.3 Å². The maximum absolute atomic E-state index is 13.8. The number of carboxylic acids is 1. The zero-order chi connectivity index (χ0) is 33.6. The number of nitrogens with two attached hydrogens (primary N) is 1. The number of aliphatic carboxylic acids is 1. The normalized spacial score (nSPS) is 24.7. The fourth-order valence-electron chi connectivity index (χ4n) is 5.61. The quantitative estimate of drug-likeness (QED) is 0.237. The van der Waals surface area contributed by atoms with Crippen LogP contribution < -0.4 is 21.7 Å². The van der Waals surface area contributed by atoms with Crippen molar-refractivity contribution in [2.24, 2.45) is 5.73 Å². The number of thioether (sulfide) groups is 2. The number of carbonyl (C=O) groups is 6. The molecule has 244 valence electrons. The molecule has 4 aliphatic heterocycles. The number of carboxylic acid groups (broad SMARTS) is 1. The van der Waals surface area contributed by atoms with E-state index >= 15 is 0 Å². The minimum atomic E-state index is -1.36. The fraction of sp³-hybridized carbons (Fsp3) is 0.267. The zero-order valence-electron chi connectivity index (χ0n) is 24.1. The molecule has 6 N–H and O–H groups in total. The molecule has 4 heterocycles. The van der Waals surface area contributed by atoms with E-state index in [1.165, 1.54) is 28.4 Å². The van der Waals surface area contributed by atoms with Crippen LogP contribution in [-0.2, 0) is 28.8 Å². The van der Waals surface area contributed by atoms with Crippen LogP contribution in [0.2, 0.25) is 0 Å². The SMILES string of the molecule is N[C@@H](C(=O)N[C@@H]1C(=O)N2C(C(=O)N[C@@H](C(=O)N[C@@H]3C(=O)N4C(C(=O)O)=C(Cl)CS[C@H]34)c3ccccc3)=C(Cl)CS[C@H]12)c1ccccc1. The predicted molar refractivity (Wildman–Crippen MR) is 174 cm³/mol. The average molecular weight is 718 g/mol. The van der Waals surface area contributed by atoms with Gasteiger partial charge in [-0.25, -0.2) is 4.79 Å². The number of nitrogens with zero attached hydrogens (tertiary/aromatic N) is 2. The zero-order valence-corrected chi connectivity index (χ0v) is 27.2. The highest BCUT2D eigenvalue weighted by molar-refractivity contribution is 8.00. The number of amides is 5. The number of carbonyl (C=O) groups excluding carboxylic acids is 5.